The van der Waals surface area contributed by atoms with Crippen LogP contribution in [-0.2, 0) is 10.2 Å². The van der Waals surface area contributed by atoms with Gasteiger partial charge in [-0.3, -0.25) is 0 Å². The molecule has 0 bridgehead atoms. The predicted octanol–water partition coefficient (Wildman–Crippen LogP) is 5.03. The highest BCUT2D eigenvalue weighted by atomic mass is 16.5. The average molecular weight is 423 g/mol. The Labute approximate surface area is 183 Å². The molecule has 0 radical (unpaired) electrons. The summed E-state index contributed by atoms with van der Waals surface area (Å²) >= 11 is 0. The van der Waals surface area contributed by atoms with Crippen LogP contribution in [0.25, 0.3) is 0 Å². The van der Waals surface area contributed by atoms with Crippen molar-refractivity contribution in [2.75, 3.05) is 33.0 Å². The molecule has 0 aliphatic carbocycles. The monoisotopic (exact) mass is 422 g/mol. The summed E-state index contributed by atoms with van der Waals surface area (Å²) in [5, 5.41) is 19.4. The number of ether oxygens (including phenoxy) is 3. The molecule has 0 amide bonds. The molecule has 1 aromatic carbocycles. The normalized spacial score (nSPS) is 13.7. The third-order valence-corrected chi connectivity index (χ3v) is 5.28. The lowest BCUT2D eigenvalue weighted by molar-refractivity contribution is 0.00394. The van der Waals surface area contributed by atoms with Crippen molar-refractivity contribution >= 4 is 0 Å². The largest absolute Gasteiger partial charge is 0.487 e. The summed E-state index contributed by atoms with van der Waals surface area (Å²) in [5.74, 6) is 1.27. The summed E-state index contributed by atoms with van der Waals surface area (Å²) in [4.78, 5) is 0. The van der Waals surface area contributed by atoms with Gasteiger partial charge in [0.2, 0.25) is 0 Å². The van der Waals surface area contributed by atoms with Gasteiger partial charge in [-0.05, 0) is 49.3 Å². The molecule has 0 spiro atoms. The van der Waals surface area contributed by atoms with Crippen molar-refractivity contribution < 1.29 is 24.4 Å². The van der Waals surface area contributed by atoms with Crippen molar-refractivity contribution in [2.45, 2.75) is 77.2 Å². The Balaban J connectivity index is 2.93. The van der Waals surface area contributed by atoms with E-state index in [0.29, 0.717) is 37.7 Å². The second-order valence-electron chi connectivity index (χ2n) is 8.80. The van der Waals surface area contributed by atoms with Crippen molar-refractivity contribution in [3.05, 3.63) is 36.4 Å². The molecule has 0 aromatic heterocycles. The van der Waals surface area contributed by atoms with E-state index in [4.69, 9.17) is 19.3 Å². The number of allylic oxidation sites excluding steroid dienone is 1. The SMILES string of the molecule is C=CCCC(C)(O)COc1cc(C(C)(C)CCCCC)ccc1OCCOCCO. The number of rotatable bonds is 17. The molecule has 0 heterocycles. The summed E-state index contributed by atoms with van der Waals surface area (Å²) < 4.78 is 17.2. The zero-order chi connectivity index (χ0) is 22.5. The van der Waals surface area contributed by atoms with Crippen LogP contribution in [0.2, 0.25) is 0 Å². The third kappa shape index (κ3) is 9.96. The summed E-state index contributed by atoms with van der Waals surface area (Å²) in [6.07, 6.45) is 7.84. The third-order valence-electron chi connectivity index (χ3n) is 5.28. The van der Waals surface area contributed by atoms with Crippen LogP contribution in [0.3, 0.4) is 0 Å². The Hall–Kier alpha value is -1.56. The number of aliphatic hydroxyl groups excluding tert-OH is 1. The molecule has 1 aromatic rings. The average Bonchev–Trinajstić information content (AvgIpc) is 2.71. The summed E-state index contributed by atoms with van der Waals surface area (Å²) in [7, 11) is 0. The van der Waals surface area contributed by atoms with Gasteiger partial charge in [-0.15, -0.1) is 6.58 Å². The first-order chi connectivity index (χ1) is 14.3. The standard InChI is InChI=1S/C25H42O5/c1-6-8-10-13-24(3,4)21-11-12-22(29-18-17-28-16-15-26)23(19-21)30-20-25(5,27)14-9-7-2/h7,11-12,19,26-27H,2,6,8-10,13-18,20H2,1,3-5H3. The van der Waals surface area contributed by atoms with E-state index in [9.17, 15) is 5.11 Å². The first-order valence-electron chi connectivity index (χ1n) is 11.2. The molecule has 0 fully saturated rings. The second-order valence-corrected chi connectivity index (χ2v) is 8.80. The van der Waals surface area contributed by atoms with E-state index in [0.717, 1.165) is 12.8 Å². The molecule has 0 aliphatic heterocycles. The van der Waals surface area contributed by atoms with E-state index < -0.39 is 5.60 Å². The quantitative estimate of drug-likeness (QED) is 0.272. The van der Waals surface area contributed by atoms with Crippen LogP contribution in [0, 0.1) is 0 Å². The van der Waals surface area contributed by atoms with E-state index in [1.807, 2.05) is 12.1 Å². The fourth-order valence-electron chi connectivity index (χ4n) is 3.22. The molecule has 172 valence electrons. The van der Waals surface area contributed by atoms with Crippen LogP contribution in [0.4, 0.5) is 0 Å². The lowest BCUT2D eigenvalue weighted by Crippen LogP contribution is -2.32. The Morgan fingerprint density at radius 1 is 1.00 bits per heavy atom. The molecule has 30 heavy (non-hydrogen) atoms. The van der Waals surface area contributed by atoms with Gasteiger partial charge in [0.05, 0.1) is 25.4 Å². The minimum absolute atomic E-state index is 0.00400. The highest BCUT2D eigenvalue weighted by Crippen LogP contribution is 2.36. The van der Waals surface area contributed by atoms with Crippen molar-refractivity contribution in [2.24, 2.45) is 0 Å². The molecule has 0 saturated heterocycles. The lowest BCUT2D eigenvalue weighted by atomic mass is 9.80. The van der Waals surface area contributed by atoms with Crippen LogP contribution in [-0.4, -0.2) is 48.8 Å². The van der Waals surface area contributed by atoms with Gasteiger partial charge >= 0.3 is 0 Å². The lowest BCUT2D eigenvalue weighted by Gasteiger charge is -2.28. The van der Waals surface area contributed by atoms with Gasteiger partial charge in [-0.2, -0.15) is 0 Å². The molecule has 1 rings (SSSR count). The minimum atomic E-state index is -0.942. The molecule has 1 unspecified atom stereocenters. The first-order valence-corrected chi connectivity index (χ1v) is 11.2. The van der Waals surface area contributed by atoms with Crippen LogP contribution < -0.4 is 9.47 Å². The molecule has 0 saturated carbocycles. The summed E-state index contributed by atoms with van der Waals surface area (Å²) in [5.41, 5.74) is 0.284. The van der Waals surface area contributed by atoms with Gasteiger partial charge in [0.25, 0.3) is 0 Å². The maximum Gasteiger partial charge on any atom is 0.161 e. The summed E-state index contributed by atoms with van der Waals surface area (Å²) in [6.45, 7) is 13.4. The number of aliphatic hydroxyl groups is 2. The maximum absolute atomic E-state index is 10.6. The van der Waals surface area contributed by atoms with Gasteiger partial charge in [0.15, 0.2) is 11.5 Å². The molecular formula is C25H42O5. The zero-order valence-corrected chi connectivity index (χ0v) is 19.4. The second kappa shape index (κ2) is 13.7. The van der Waals surface area contributed by atoms with E-state index in [-0.39, 0.29) is 18.6 Å². The Bertz CT molecular complexity index is 610. The van der Waals surface area contributed by atoms with E-state index in [2.05, 4.69) is 33.4 Å². The summed E-state index contributed by atoms with van der Waals surface area (Å²) in [6, 6.07) is 6.08. The van der Waals surface area contributed by atoms with Gasteiger partial charge in [-0.1, -0.05) is 52.2 Å². The van der Waals surface area contributed by atoms with E-state index in [1.54, 1.807) is 13.0 Å². The topological polar surface area (TPSA) is 68.2 Å². The molecule has 5 heteroatoms. The van der Waals surface area contributed by atoms with Crippen molar-refractivity contribution in [3.8, 4) is 11.5 Å². The number of hydrogen-bond acceptors (Lipinski definition) is 5. The molecule has 1 atom stereocenters. The number of unbranched alkanes of at least 4 members (excludes halogenated alkanes) is 2. The van der Waals surface area contributed by atoms with Crippen LogP contribution in [0.1, 0.15) is 71.8 Å². The van der Waals surface area contributed by atoms with E-state index in [1.165, 1.54) is 24.8 Å². The van der Waals surface area contributed by atoms with Crippen molar-refractivity contribution in [1.82, 2.24) is 0 Å². The smallest absolute Gasteiger partial charge is 0.161 e. The van der Waals surface area contributed by atoms with Crippen LogP contribution in [0.15, 0.2) is 30.9 Å². The number of hydrogen-bond donors (Lipinski definition) is 2. The van der Waals surface area contributed by atoms with Gasteiger partial charge < -0.3 is 24.4 Å². The predicted molar refractivity (Wildman–Crippen MR) is 123 cm³/mol. The Kier molecular flexibility index (Phi) is 12.1. The molecule has 0 aliphatic rings. The van der Waals surface area contributed by atoms with Gasteiger partial charge in [0, 0.05) is 0 Å². The van der Waals surface area contributed by atoms with Crippen molar-refractivity contribution in [1.29, 1.82) is 0 Å². The minimum Gasteiger partial charge on any atom is -0.487 e. The van der Waals surface area contributed by atoms with Gasteiger partial charge in [0.1, 0.15) is 13.2 Å². The fourth-order valence-corrected chi connectivity index (χ4v) is 3.22. The molecule has 2 N–H and O–H groups in total. The highest BCUT2D eigenvalue weighted by molar-refractivity contribution is 5.45. The van der Waals surface area contributed by atoms with Crippen LogP contribution >= 0.6 is 0 Å². The Morgan fingerprint density at radius 3 is 2.43 bits per heavy atom. The Morgan fingerprint density at radius 2 is 1.77 bits per heavy atom. The molecule has 5 nitrogen and oxygen atoms in total. The zero-order valence-electron chi connectivity index (χ0n) is 19.4. The number of benzene rings is 1. The van der Waals surface area contributed by atoms with Crippen LogP contribution in [0.5, 0.6) is 11.5 Å². The fraction of sp³-hybridized carbons (Fsp3) is 0.680. The first kappa shape index (κ1) is 26.5. The van der Waals surface area contributed by atoms with Crippen molar-refractivity contribution in [3.63, 3.8) is 0 Å². The highest BCUT2D eigenvalue weighted by Gasteiger charge is 2.24. The maximum atomic E-state index is 10.6. The van der Waals surface area contributed by atoms with Gasteiger partial charge in [-0.25, -0.2) is 0 Å². The molecular weight excluding hydrogens is 380 g/mol. The van der Waals surface area contributed by atoms with E-state index >= 15 is 0 Å².